The lowest BCUT2D eigenvalue weighted by Crippen LogP contribution is -2.40. The van der Waals surface area contributed by atoms with Gasteiger partial charge in [-0.1, -0.05) is 19.8 Å². The molecule has 1 rings (SSSR count). The molecule has 0 fully saturated rings. The Morgan fingerprint density at radius 2 is 2.14 bits per heavy atom. The summed E-state index contributed by atoms with van der Waals surface area (Å²) < 4.78 is 37.3. The van der Waals surface area contributed by atoms with Crippen molar-refractivity contribution in [2.75, 3.05) is 0 Å². The third-order valence-electron chi connectivity index (χ3n) is 2.97. The highest BCUT2D eigenvalue weighted by molar-refractivity contribution is 5.96. The quantitative estimate of drug-likeness (QED) is 0.769. The van der Waals surface area contributed by atoms with E-state index in [-0.39, 0.29) is 5.56 Å². The lowest BCUT2D eigenvalue weighted by Gasteiger charge is -2.13. The summed E-state index contributed by atoms with van der Waals surface area (Å²) in [5, 5.41) is 15.0. The Morgan fingerprint density at radius 3 is 2.68 bits per heavy atom. The zero-order chi connectivity index (χ0) is 16.8. The Hall–Kier alpha value is -2.06. The molecule has 0 aromatic carbocycles. The SMILES string of the molecule is CCCC[C@H](NC(=O)c1cnn(CCC(F)(F)F)c1)C(=O)O. The topological polar surface area (TPSA) is 84.2 Å². The normalized spacial score (nSPS) is 12.9. The van der Waals surface area contributed by atoms with E-state index >= 15 is 0 Å². The van der Waals surface area contributed by atoms with Crippen molar-refractivity contribution in [3.63, 3.8) is 0 Å². The van der Waals surface area contributed by atoms with Crippen molar-refractivity contribution in [2.45, 2.75) is 51.4 Å². The lowest BCUT2D eigenvalue weighted by molar-refractivity contribution is -0.139. The minimum Gasteiger partial charge on any atom is -0.480 e. The van der Waals surface area contributed by atoms with Gasteiger partial charge in [0, 0.05) is 12.7 Å². The third kappa shape index (κ3) is 6.15. The summed E-state index contributed by atoms with van der Waals surface area (Å²) in [6.07, 6.45) is -1.35. The van der Waals surface area contributed by atoms with E-state index in [1.165, 1.54) is 6.20 Å². The predicted molar refractivity (Wildman–Crippen MR) is 71.3 cm³/mol. The molecule has 22 heavy (non-hydrogen) atoms. The number of carboxylic acid groups (broad SMARTS) is 1. The van der Waals surface area contributed by atoms with Crippen LogP contribution < -0.4 is 5.32 Å². The monoisotopic (exact) mass is 321 g/mol. The molecular formula is C13H18F3N3O3. The number of hydrogen-bond donors (Lipinski definition) is 2. The van der Waals surface area contributed by atoms with Gasteiger partial charge in [0.15, 0.2) is 0 Å². The fourth-order valence-corrected chi connectivity index (χ4v) is 1.75. The first kappa shape index (κ1) is 18.0. The number of carbonyl (C=O) groups is 2. The molecule has 9 heteroatoms. The summed E-state index contributed by atoms with van der Waals surface area (Å²) in [5.41, 5.74) is 0.0323. The van der Waals surface area contributed by atoms with Crippen LogP contribution in [0.1, 0.15) is 43.0 Å². The minimum absolute atomic E-state index is 0.0323. The van der Waals surface area contributed by atoms with Gasteiger partial charge in [0.2, 0.25) is 0 Å². The second-order valence-corrected chi connectivity index (χ2v) is 4.86. The number of carboxylic acids is 1. The summed E-state index contributed by atoms with van der Waals surface area (Å²) in [4.78, 5) is 22.9. The Labute approximate surface area is 125 Å². The molecule has 0 spiro atoms. The van der Waals surface area contributed by atoms with Gasteiger partial charge in [-0.15, -0.1) is 0 Å². The number of aromatic nitrogens is 2. The van der Waals surface area contributed by atoms with Gasteiger partial charge >= 0.3 is 12.1 Å². The first-order valence-electron chi connectivity index (χ1n) is 6.86. The summed E-state index contributed by atoms with van der Waals surface area (Å²) in [7, 11) is 0. The number of unbranched alkanes of at least 4 members (excludes halogenated alkanes) is 1. The van der Waals surface area contributed by atoms with Gasteiger partial charge in [-0.3, -0.25) is 9.48 Å². The standard InChI is InChI=1S/C13H18F3N3O3/c1-2-3-4-10(12(21)22)18-11(20)9-7-17-19(8-9)6-5-13(14,15)16/h7-8,10H,2-6H2,1H3,(H,18,20)(H,21,22)/t10-/m0/s1. The van der Waals surface area contributed by atoms with Gasteiger partial charge in [-0.05, 0) is 6.42 Å². The highest BCUT2D eigenvalue weighted by Crippen LogP contribution is 2.20. The highest BCUT2D eigenvalue weighted by Gasteiger charge is 2.27. The Balaban J connectivity index is 2.61. The van der Waals surface area contributed by atoms with Crippen molar-refractivity contribution in [2.24, 2.45) is 0 Å². The number of nitrogens with zero attached hydrogens (tertiary/aromatic N) is 2. The molecule has 1 amide bonds. The van der Waals surface area contributed by atoms with Crippen LogP contribution in [0.5, 0.6) is 0 Å². The van der Waals surface area contributed by atoms with Crippen molar-refractivity contribution in [1.82, 2.24) is 15.1 Å². The van der Waals surface area contributed by atoms with Crippen molar-refractivity contribution in [1.29, 1.82) is 0 Å². The highest BCUT2D eigenvalue weighted by atomic mass is 19.4. The fourth-order valence-electron chi connectivity index (χ4n) is 1.75. The number of rotatable bonds is 8. The molecule has 0 saturated heterocycles. The van der Waals surface area contributed by atoms with Crippen LogP contribution in [0.4, 0.5) is 13.2 Å². The van der Waals surface area contributed by atoms with Crippen LogP contribution >= 0.6 is 0 Å². The third-order valence-corrected chi connectivity index (χ3v) is 2.97. The van der Waals surface area contributed by atoms with Crippen molar-refractivity contribution in [3.05, 3.63) is 18.0 Å². The Kier molecular flexibility index (Phi) is 6.39. The molecule has 0 bridgehead atoms. The van der Waals surface area contributed by atoms with Crippen LogP contribution in [-0.2, 0) is 11.3 Å². The summed E-state index contributed by atoms with van der Waals surface area (Å²) in [5.74, 6) is -1.81. The average molecular weight is 321 g/mol. The number of alkyl halides is 3. The molecular weight excluding hydrogens is 303 g/mol. The second kappa shape index (κ2) is 7.81. The first-order valence-corrected chi connectivity index (χ1v) is 6.86. The largest absolute Gasteiger partial charge is 0.480 e. The minimum atomic E-state index is -4.30. The van der Waals surface area contributed by atoms with Gasteiger partial charge in [0.1, 0.15) is 6.04 Å². The van der Waals surface area contributed by atoms with Crippen LogP contribution in [-0.4, -0.2) is 39.0 Å². The van der Waals surface area contributed by atoms with Crippen molar-refractivity contribution < 1.29 is 27.9 Å². The van der Waals surface area contributed by atoms with E-state index in [0.717, 1.165) is 17.3 Å². The number of nitrogens with one attached hydrogen (secondary N) is 1. The molecule has 0 saturated carbocycles. The zero-order valence-corrected chi connectivity index (χ0v) is 12.1. The number of amides is 1. The molecule has 0 radical (unpaired) electrons. The van der Waals surface area contributed by atoms with Gasteiger partial charge in [0.05, 0.1) is 18.2 Å². The lowest BCUT2D eigenvalue weighted by atomic mass is 10.1. The van der Waals surface area contributed by atoms with Gasteiger partial charge < -0.3 is 10.4 Å². The van der Waals surface area contributed by atoms with Gasteiger partial charge in [-0.2, -0.15) is 18.3 Å². The smallest absolute Gasteiger partial charge is 0.390 e. The van der Waals surface area contributed by atoms with E-state index in [0.29, 0.717) is 12.8 Å². The van der Waals surface area contributed by atoms with E-state index in [1.54, 1.807) is 0 Å². The number of aliphatic carboxylic acids is 1. The zero-order valence-electron chi connectivity index (χ0n) is 12.1. The van der Waals surface area contributed by atoms with E-state index < -0.39 is 37.1 Å². The van der Waals surface area contributed by atoms with Crippen LogP contribution in [0.15, 0.2) is 12.4 Å². The maximum Gasteiger partial charge on any atom is 0.390 e. The Morgan fingerprint density at radius 1 is 1.45 bits per heavy atom. The fraction of sp³-hybridized carbons (Fsp3) is 0.615. The maximum atomic E-state index is 12.1. The molecule has 0 unspecified atom stereocenters. The van der Waals surface area contributed by atoms with E-state index in [9.17, 15) is 22.8 Å². The van der Waals surface area contributed by atoms with Crippen molar-refractivity contribution >= 4 is 11.9 Å². The number of halogens is 3. The summed E-state index contributed by atoms with van der Waals surface area (Å²) in [6, 6.07) is -1.02. The van der Waals surface area contributed by atoms with Crippen LogP contribution in [0.3, 0.4) is 0 Å². The van der Waals surface area contributed by atoms with E-state index in [2.05, 4.69) is 10.4 Å². The van der Waals surface area contributed by atoms with E-state index in [1.807, 2.05) is 6.92 Å². The van der Waals surface area contributed by atoms with Crippen molar-refractivity contribution in [3.8, 4) is 0 Å². The molecule has 1 aromatic rings. The first-order chi connectivity index (χ1) is 10.2. The summed E-state index contributed by atoms with van der Waals surface area (Å²) >= 11 is 0. The average Bonchev–Trinajstić information content (AvgIpc) is 2.89. The molecule has 1 atom stereocenters. The molecule has 6 nitrogen and oxygen atoms in total. The second-order valence-electron chi connectivity index (χ2n) is 4.86. The number of aryl methyl sites for hydroxylation is 1. The molecule has 0 aliphatic heterocycles. The van der Waals surface area contributed by atoms with Gasteiger partial charge in [-0.25, -0.2) is 4.79 Å². The molecule has 0 aliphatic carbocycles. The van der Waals surface area contributed by atoms with Crippen LogP contribution in [0.2, 0.25) is 0 Å². The van der Waals surface area contributed by atoms with Crippen LogP contribution in [0, 0.1) is 0 Å². The molecule has 1 heterocycles. The Bertz CT molecular complexity index is 514. The molecule has 124 valence electrons. The summed E-state index contributed by atoms with van der Waals surface area (Å²) in [6.45, 7) is 1.50. The predicted octanol–water partition coefficient (Wildman–Crippen LogP) is 2.21. The van der Waals surface area contributed by atoms with Crippen LogP contribution in [0.25, 0.3) is 0 Å². The number of hydrogen-bond acceptors (Lipinski definition) is 3. The maximum absolute atomic E-state index is 12.1. The van der Waals surface area contributed by atoms with E-state index in [4.69, 9.17) is 5.11 Å². The van der Waals surface area contributed by atoms with Gasteiger partial charge in [0.25, 0.3) is 5.91 Å². The molecule has 0 aliphatic rings. The molecule has 2 N–H and O–H groups in total. The molecule has 1 aromatic heterocycles. The number of carbonyl (C=O) groups excluding carboxylic acids is 1.